The second-order valence-corrected chi connectivity index (χ2v) is 8.11. The Morgan fingerprint density at radius 2 is 1.77 bits per heavy atom. The first kappa shape index (κ1) is 17.3. The van der Waals surface area contributed by atoms with Gasteiger partial charge in [0.15, 0.2) is 0 Å². The Kier molecular flexibility index (Phi) is 4.59. The monoisotopic (exact) mass is 327 g/mol. The van der Waals surface area contributed by atoms with Crippen LogP contribution in [0.3, 0.4) is 0 Å². The summed E-state index contributed by atoms with van der Waals surface area (Å²) in [7, 11) is -4.01. The van der Waals surface area contributed by atoms with Gasteiger partial charge in [-0.3, -0.25) is 0 Å². The van der Waals surface area contributed by atoms with Crippen LogP contribution in [-0.4, -0.2) is 39.1 Å². The second kappa shape index (κ2) is 5.84. The average molecular weight is 327 g/mol. The van der Waals surface area contributed by atoms with Crippen LogP contribution >= 0.6 is 0 Å². The first-order valence-corrected chi connectivity index (χ1v) is 8.81. The Labute approximate surface area is 132 Å². The summed E-state index contributed by atoms with van der Waals surface area (Å²) in [6.45, 7) is 7.95. The molecule has 1 aromatic rings. The number of sulfonamides is 1. The molecule has 0 spiro atoms. The quantitative estimate of drug-likeness (QED) is 0.803. The van der Waals surface area contributed by atoms with Crippen LogP contribution in [0.5, 0.6) is 5.75 Å². The van der Waals surface area contributed by atoms with Gasteiger partial charge in [-0.05, 0) is 45.3 Å². The van der Waals surface area contributed by atoms with Crippen LogP contribution in [0.15, 0.2) is 24.3 Å². The predicted molar refractivity (Wildman–Crippen MR) is 85.6 cm³/mol. The number of hydrogen-bond acceptors (Lipinski definition) is 5. The molecule has 22 heavy (non-hydrogen) atoms. The number of rotatable bonds is 5. The van der Waals surface area contributed by atoms with E-state index in [1.165, 1.54) is 0 Å². The maximum absolute atomic E-state index is 10.9. The number of primary sulfonamides is 1. The maximum atomic E-state index is 10.9. The predicted octanol–water partition coefficient (Wildman–Crippen LogP) is 0.653. The number of ether oxygens (including phenoxy) is 1. The molecule has 1 saturated heterocycles. The molecule has 1 aliphatic rings. The smallest absolute Gasteiger partial charge is 0.493 e. The summed E-state index contributed by atoms with van der Waals surface area (Å²) in [6.07, 6.45) is 0. The third kappa shape index (κ3) is 4.01. The lowest BCUT2D eigenvalue weighted by Crippen LogP contribution is -2.41. The first-order chi connectivity index (χ1) is 10.0. The van der Waals surface area contributed by atoms with Crippen molar-refractivity contribution in [1.82, 2.24) is 0 Å². The highest BCUT2D eigenvalue weighted by Crippen LogP contribution is 2.36. The van der Waals surface area contributed by atoms with E-state index < -0.39 is 28.3 Å². The number of nitrogens with two attached hydrogens (primary N) is 1. The van der Waals surface area contributed by atoms with Gasteiger partial charge in [0.2, 0.25) is 10.0 Å². The summed E-state index contributed by atoms with van der Waals surface area (Å²) in [5.74, 6) is 0.323. The molecule has 0 atom stereocenters. The first-order valence-electron chi connectivity index (χ1n) is 7.09. The highest BCUT2D eigenvalue weighted by molar-refractivity contribution is 7.89. The van der Waals surface area contributed by atoms with Crippen LogP contribution in [0, 0.1) is 0 Å². The second-order valence-electron chi connectivity index (χ2n) is 6.38. The molecule has 1 fully saturated rings. The van der Waals surface area contributed by atoms with Gasteiger partial charge in [0.1, 0.15) is 12.4 Å². The Morgan fingerprint density at radius 3 is 2.32 bits per heavy atom. The topological polar surface area (TPSA) is 87.9 Å². The van der Waals surface area contributed by atoms with Gasteiger partial charge in [-0.2, -0.15) is 0 Å². The molecule has 0 saturated carbocycles. The summed E-state index contributed by atoms with van der Waals surface area (Å²) in [5.41, 5.74) is -0.00336. The van der Waals surface area contributed by atoms with Crippen molar-refractivity contribution in [2.24, 2.45) is 5.14 Å². The van der Waals surface area contributed by atoms with Crippen LogP contribution in [0.2, 0.25) is 0 Å². The lowest BCUT2D eigenvalue weighted by atomic mass is 9.79. The molecular formula is C14H22BNO5S. The largest absolute Gasteiger partial charge is 0.494 e. The van der Waals surface area contributed by atoms with Gasteiger partial charge in [-0.15, -0.1) is 0 Å². The minimum absolute atomic E-state index is 0.00561. The fourth-order valence-corrected chi connectivity index (χ4v) is 2.32. The molecule has 0 radical (unpaired) electrons. The lowest BCUT2D eigenvalue weighted by Gasteiger charge is -2.32. The zero-order valence-corrected chi connectivity index (χ0v) is 14.1. The molecule has 1 aliphatic heterocycles. The van der Waals surface area contributed by atoms with Crippen molar-refractivity contribution in [1.29, 1.82) is 0 Å². The molecule has 6 nitrogen and oxygen atoms in total. The summed E-state index contributed by atoms with van der Waals surface area (Å²) in [5, 5.41) is 4.94. The minimum Gasteiger partial charge on any atom is -0.493 e. The fraction of sp³-hybridized carbons (Fsp3) is 0.571. The van der Waals surface area contributed by atoms with E-state index in [4.69, 9.17) is 19.2 Å². The Balaban J connectivity index is 2.07. The molecular weight excluding hydrogens is 305 g/mol. The van der Waals surface area contributed by atoms with Crippen molar-refractivity contribution in [2.45, 2.75) is 38.9 Å². The van der Waals surface area contributed by atoms with E-state index in [9.17, 15) is 8.42 Å². The van der Waals surface area contributed by atoms with Crippen molar-refractivity contribution in [3.63, 3.8) is 0 Å². The molecule has 8 heteroatoms. The lowest BCUT2D eigenvalue weighted by molar-refractivity contribution is 0.00578. The van der Waals surface area contributed by atoms with Crippen molar-refractivity contribution in [3.05, 3.63) is 24.3 Å². The number of benzene rings is 1. The average Bonchev–Trinajstić information content (AvgIpc) is 2.57. The van der Waals surface area contributed by atoms with Gasteiger partial charge >= 0.3 is 7.12 Å². The van der Waals surface area contributed by atoms with Crippen molar-refractivity contribution in [3.8, 4) is 5.75 Å². The standard InChI is InChI=1S/C14H22BNO5S/c1-13(2)14(3,4)21-15(20-13)11-6-5-7-12(10-11)19-8-9-22(16,17)18/h5-7,10H,8-9H2,1-4H3,(H2,16,17,18). The SMILES string of the molecule is CC1(C)OB(c2cccc(OCCS(N)(=O)=O)c2)OC1(C)C. The molecule has 2 N–H and O–H groups in total. The molecule has 0 aliphatic carbocycles. The molecule has 2 rings (SSSR count). The molecule has 122 valence electrons. The van der Waals surface area contributed by atoms with Gasteiger partial charge in [-0.25, -0.2) is 13.6 Å². The molecule has 0 aromatic heterocycles. The molecule has 0 unspecified atom stereocenters. The van der Waals surface area contributed by atoms with Crippen LogP contribution in [0.4, 0.5) is 0 Å². The van der Waals surface area contributed by atoms with E-state index in [0.717, 1.165) is 5.46 Å². The summed E-state index contributed by atoms with van der Waals surface area (Å²) < 4.78 is 39.2. The Bertz CT molecular complexity index is 628. The van der Waals surface area contributed by atoms with E-state index in [-0.39, 0.29) is 12.4 Å². The molecule has 0 amide bonds. The van der Waals surface area contributed by atoms with E-state index in [1.54, 1.807) is 12.1 Å². The van der Waals surface area contributed by atoms with Gasteiger partial charge in [0.05, 0.1) is 17.0 Å². The Hall–Kier alpha value is -1.09. The minimum atomic E-state index is -3.53. The zero-order chi connectivity index (χ0) is 16.6. The molecule has 1 heterocycles. The van der Waals surface area contributed by atoms with Crippen molar-refractivity contribution in [2.75, 3.05) is 12.4 Å². The highest BCUT2D eigenvalue weighted by atomic mass is 32.2. The van der Waals surface area contributed by atoms with Crippen molar-refractivity contribution < 1.29 is 22.5 Å². The van der Waals surface area contributed by atoms with Gasteiger partial charge in [0, 0.05) is 0 Å². The third-order valence-corrected chi connectivity index (χ3v) is 4.76. The van der Waals surface area contributed by atoms with Crippen LogP contribution in [-0.2, 0) is 19.3 Å². The zero-order valence-electron chi connectivity index (χ0n) is 13.3. The molecule has 0 bridgehead atoms. The van der Waals surface area contributed by atoms with E-state index in [2.05, 4.69) is 0 Å². The molecule has 1 aromatic carbocycles. The van der Waals surface area contributed by atoms with Crippen LogP contribution in [0.25, 0.3) is 0 Å². The summed E-state index contributed by atoms with van der Waals surface area (Å²) >= 11 is 0. The summed E-state index contributed by atoms with van der Waals surface area (Å²) in [4.78, 5) is 0. The maximum Gasteiger partial charge on any atom is 0.494 e. The fourth-order valence-electron chi connectivity index (χ4n) is 2.01. The van der Waals surface area contributed by atoms with Crippen LogP contribution < -0.4 is 15.3 Å². The van der Waals surface area contributed by atoms with Gasteiger partial charge < -0.3 is 14.0 Å². The normalized spacial score (nSPS) is 20.1. The Morgan fingerprint density at radius 1 is 1.18 bits per heavy atom. The third-order valence-electron chi connectivity index (χ3n) is 4.02. The van der Waals surface area contributed by atoms with Gasteiger partial charge in [0.25, 0.3) is 0 Å². The van der Waals surface area contributed by atoms with Crippen LogP contribution in [0.1, 0.15) is 27.7 Å². The highest BCUT2D eigenvalue weighted by Gasteiger charge is 2.51. The van der Waals surface area contributed by atoms with E-state index in [1.807, 2.05) is 39.8 Å². The van der Waals surface area contributed by atoms with E-state index >= 15 is 0 Å². The van der Waals surface area contributed by atoms with E-state index in [0.29, 0.717) is 5.75 Å². The summed E-state index contributed by atoms with van der Waals surface area (Å²) in [6, 6.07) is 7.23. The van der Waals surface area contributed by atoms with Crippen molar-refractivity contribution >= 4 is 22.6 Å². The number of hydrogen-bond donors (Lipinski definition) is 1. The van der Waals surface area contributed by atoms with Gasteiger partial charge in [-0.1, -0.05) is 12.1 Å².